The lowest BCUT2D eigenvalue weighted by Gasteiger charge is -2.30. The molecular weight excluding hydrogens is 336 g/mol. The molecule has 0 amide bonds. The van der Waals surface area contributed by atoms with Crippen LogP contribution in [0.3, 0.4) is 0 Å². The zero-order chi connectivity index (χ0) is 18.8. The fourth-order valence-corrected chi connectivity index (χ4v) is 3.88. The highest BCUT2D eigenvalue weighted by molar-refractivity contribution is 5.84. The Balaban J connectivity index is 1.84. The van der Waals surface area contributed by atoms with Crippen molar-refractivity contribution in [1.29, 1.82) is 0 Å². The molecule has 0 unspecified atom stereocenters. The Hall–Kier alpha value is -2.59. The number of pyridine rings is 1. The predicted molar refractivity (Wildman–Crippen MR) is 110 cm³/mol. The van der Waals surface area contributed by atoms with E-state index in [1.807, 2.05) is 36.4 Å². The Kier molecular flexibility index (Phi) is 4.99. The van der Waals surface area contributed by atoms with E-state index in [1.54, 1.807) is 7.11 Å². The molecule has 4 rings (SSSR count). The minimum absolute atomic E-state index is 0.0973. The van der Waals surface area contributed by atoms with E-state index in [0.717, 1.165) is 41.3 Å². The minimum Gasteiger partial charge on any atom is -0.497 e. The molecule has 1 fully saturated rings. The number of H-pyrrole nitrogens is 1. The van der Waals surface area contributed by atoms with Gasteiger partial charge in [0.15, 0.2) is 5.43 Å². The van der Waals surface area contributed by atoms with Crippen LogP contribution in [0.1, 0.15) is 25.3 Å². The van der Waals surface area contributed by atoms with E-state index < -0.39 is 0 Å². The molecule has 4 nitrogen and oxygen atoms in total. The van der Waals surface area contributed by atoms with Crippen LogP contribution in [0.25, 0.3) is 22.2 Å². The summed E-state index contributed by atoms with van der Waals surface area (Å²) < 4.78 is 5.33. The summed E-state index contributed by atoms with van der Waals surface area (Å²) >= 11 is 0. The van der Waals surface area contributed by atoms with Crippen molar-refractivity contribution in [1.82, 2.24) is 9.88 Å². The molecule has 0 radical (unpaired) electrons. The Morgan fingerprint density at radius 2 is 1.85 bits per heavy atom. The van der Waals surface area contributed by atoms with Crippen LogP contribution in [-0.2, 0) is 6.54 Å². The lowest BCUT2D eigenvalue weighted by Crippen LogP contribution is -2.34. The van der Waals surface area contributed by atoms with Gasteiger partial charge in [-0.2, -0.15) is 0 Å². The highest BCUT2D eigenvalue weighted by Crippen LogP contribution is 2.26. The molecule has 2 heterocycles. The molecule has 0 aliphatic carbocycles. The van der Waals surface area contributed by atoms with Gasteiger partial charge < -0.3 is 9.72 Å². The molecule has 1 aliphatic rings. The number of methoxy groups -OCH3 is 1. The number of piperidine rings is 1. The minimum atomic E-state index is 0.0973. The van der Waals surface area contributed by atoms with E-state index in [9.17, 15) is 4.79 Å². The number of hydrogen-bond donors (Lipinski definition) is 1. The number of rotatable bonds is 4. The normalized spacial score (nSPS) is 15.9. The lowest BCUT2D eigenvalue weighted by molar-refractivity contribution is 0.185. The van der Waals surface area contributed by atoms with Crippen LogP contribution >= 0.6 is 0 Å². The third-order valence-corrected chi connectivity index (χ3v) is 5.63. The average Bonchev–Trinajstić information content (AvgIpc) is 2.72. The first-order chi connectivity index (χ1) is 13.2. The first-order valence-electron chi connectivity index (χ1n) is 9.66. The Bertz CT molecular complexity index is 986. The molecule has 0 saturated carbocycles. The van der Waals surface area contributed by atoms with Crippen molar-refractivity contribution in [3.05, 3.63) is 64.3 Å². The van der Waals surface area contributed by atoms with Gasteiger partial charge in [0.05, 0.1) is 18.3 Å². The standard InChI is InChI=1S/C23H26N2O2/c1-16-10-12-25(13-11-16)15-20-22(17-6-4-3-5-7-17)24-21-9-8-18(27-2)14-19(21)23(20)26/h3-9,14,16H,10-13,15H2,1-2H3,(H,24,26). The number of benzene rings is 2. The number of aromatic nitrogens is 1. The molecule has 0 bridgehead atoms. The van der Waals surface area contributed by atoms with E-state index in [4.69, 9.17) is 4.74 Å². The molecule has 4 heteroatoms. The third-order valence-electron chi connectivity index (χ3n) is 5.63. The SMILES string of the molecule is COc1ccc2[nH]c(-c3ccccc3)c(CN3CCC(C)CC3)c(=O)c2c1. The maximum atomic E-state index is 13.4. The average molecular weight is 362 g/mol. The third kappa shape index (κ3) is 3.62. The van der Waals surface area contributed by atoms with Crippen molar-refractivity contribution in [3.63, 3.8) is 0 Å². The second-order valence-corrected chi connectivity index (χ2v) is 7.54. The van der Waals surface area contributed by atoms with Gasteiger partial charge in [0.1, 0.15) is 5.75 Å². The van der Waals surface area contributed by atoms with E-state index in [0.29, 0.717) is 17.7 Å². The van der Waals surface area contributed by atoms with Crippen molar-refractivity contribution in [2.45, 2.75) is 26.3 Å². The maximum Gasteiger partial charge on any atom is 0.194 e. The number of nitrogens with zero attached hydrogens (tertiary/aromatic N) is 1. The zero-order valence-electron chi connectivity index (χ0n) is 16.0. The van der Waals surface area contributed by atoms with Crippen LogP contribution in [0.15, 0.2) is 53.3 Å². The van der Waals surface area contributed by atoms with Gasteiger partial charge in [-0.3, -0.25) is 9.69 Å². The fourth-order valence-electron chi connectivity index (χ4n) is 3.88. The monoisotopic (exact) mass is 362 g/mol. The van der Waals surface area contributed by atoms with E-state index >= 15 is 0 Å². The van der Waals surface area contributed by atoms with E-state index in [2.05, 4.69) is 28.9 Å². The van der Waals surface area contributed by atoms with Gasteiger partial charge >= 0.3 is 0 Å². The molecule has 0 atom stereocenters. The first kappa shape index (κ1) is 17.8. The van der Waals surface area contributed by atoms with Gasteiger partial charge in [-0.15, -0.1) is 0 Å². The van der Waals surface area contributed by atoms with Crippen molar-refractivity contribution in [3.8, 4) is 17.0 Å². The van der Waals surface area contributed by atoms with E-state index in [1.165, 1.54) is 12.8 Å². The molecule has 1 saturated heterocycles. The number of ether oxygens (including phenoxy) is 1. The molecule has 2 aromatic carbocycles. The largest absolute Gasteiger partial charge is 0.497 e. The van der Waals surface area contributed by atoms with Crippen LogP contribution in [0.2, 0.25) is 0 Å². The van der Waals surface area contributed by atoms with Crippen LogP contribution in [0, 0.1) is 5.92 Å². The highest BCUT2D eigenvalue weighted by atomic mass is 16.5. The molecular formula is C23H26N2O2. The fraction of sp³-hybridized carbons (Fsp3) is 0.348. The van der Waals surface area contributed by atoms with Gasteiger partial charge in [0, 0.05) is 17.5 Å². The predicted octanol–water partition coefficient (Wildman–Crippen LogP) is 4.44. The molecule has 1 N–H and O–H groups in total. The number of fused-ring (bicyclic) bond motifs is 1. The molecule has 3 aromatic rings. The van der Waals surface area contributed by atoms with Crippen LogP contribution in [-0.4, -0.2) is 30.1 Å². The van der Waals surface area contributed by atoms with Gasteiger partial charge in [-0.25, -0.2) is 0 Å². The van der Waals surface area contributed by atoms with Crippen molar-refractivity contribution >= 4 is 10.9 Å². The van der Waals surface area contributed by atoms with Gasteiger partial charge in [0.25, 0.3) is 0 Å². The smallest absolute Gasteiger partial charge is 0.194 e. The first-order valence-corrected chi connectivity index (χ1v) is 9.66. The summed E-state index contributed by atoms with van der Waals surface area (Å²) in [6.07, 6.45) is 2.39. The summed E-state index contributed by atoms with van der Waals surface area (Å²) in [5.41, 5.74) is 3.76. The summed E-state index contributed by atoms with van der Waals surface area (Å²) in [5.74, 6) is 1.48. The Labute approximate surface area is 159 Å². The summed E-state index contributed by atoms with van der Waals surface area (Å²) in [5, 5.41) is 0.689. The molecule has 0 spiro atoms. The van der Waals surface area contributed by atoms with Crippen molar-refractivity contribution < 1.29 is 4.74 Å². The molecule has 1 aromatic heterocycles. The molecule has 27 heavy (non-hydrogen) atoms. The summed E-state index contributed by atoms with van der Waals surface area (Å²) in [6, 6.07) is 15.8. The maximum absolute atomic E-state index is 13.4. The zero-order valence-corrected chi connectivity index (χ0v) is 16.0. The summed E-state index contributed by atoms with van der Waals surface area (Å²) in [6.45, 7) is 5.08. The van der Waals surface area contributed by atoms with Crippen molar-refractivity contribution in [2.24, 2.45) is 5.92 Å². The second-order valence-electron chi connectivity index (χ2n) is 7.54. The second kappa shape index (κ2) is 7.57. The Morgan fingerprint density at radius 3 is 2.56 bits per heavy atom. The Morgan fingerprint density at radius 1 is 1.11 bits per heavy atom. The summed E-state index contributed by atoms with van der Waals surface area (Å²) in [7, 11) is 1.63. The molecule has 140 valence electrons. The molecule has 1 aliphatic heterocycles. The van der Waals surface area contributed by atoms with Gasteiger partial charge in [0.2, 0.25) is 0 Å². The number of aromatic amines is 1. The van der Waals surface area contributed by atoms with Gasteiger partial charge in [-0.05, 0) is 55.6 Å². The van der Waals surface area contributed by atoms with Crippen LogP contribution in [0.5, 0.6) is 5.75 Å². The number of likely N-dealkylation sites (tertiary alicyclic amines) is 1. The lowest BCUT2D eigenvalue weighted by atomic mass is 9.97. The van der Waals surface area contributed by atoms with Crippen LogP contribution < -0.4 is 10.2 Å². The number of nitrogens with one attached hydrogen (secondary N) is 1. The summed E-state index contributed by atoms with van der Waals surface area (Å²) in [4.78, 5) is 19.4. The van der Waals surface area contributed by atoms with Crippen molar-refractivity contribution in [2.75, 3.05) is 20.2 Å². The topological polar surface area (TPSA) is 45.3 Å². The van der Waals surface area contributed by atoms with Gasteiger partial charge in [-0.1, -0.05) is 37.3 Å². The van der Waals surface area contributed by atoms with Crippen LogP contribution in [0.4, 0.5) is 0 Å². The van der Waals surface area contributed by atoms with E-state index in [-0.39, 0.29) is 5.43 Å². The quantitative estimate of drug-likeness (QED) is 0.746. The number of hydrogen-bond acceptors (Lipinski definition) is 3. The highest BCUT2D eigenvalue weighted by Gasteiger charge is 2.20.